The van der Waals surface area contributed by atoms with Gasteiger partial charge in [-0.15, -0.1) is 0 Å². The summed E-state index contributed by atoms with van der Waals surface area (Å²) in [6, 6.07) is 4.91. The van der Waals surface area contributed by atoms with Crippen LogP contribution in [0.15, 0.2) is 18.2 Å². The topological polar surface area (TPSA) is 45.2 Å². The lowest BCUT2D eigenvalue weighted by molar-refractivity contribution is -0.138. The highest BCUT2D eigenvalue weighted by Gasteiger charge is 2.51. The zero-order valence-corrected chi connectivity index (χ0v) is 17.8. The summed E-state index contributed by atoms with van der Waals surface area (Å²) < 4.78 is 25.2. The lowest BCUT2D eigenvalue weighted by Crippen LogP contribution is -2.52. The molecule has 1 saturated carbocycles. The predicted molar refractivity (Wildman–Crippen MR) is 111 cm³/mol. The van der Waals surface area contributed by atoms with Crippen molar-refractivity contribution in [3.63, 3.8) is 0 Å². The number of nitrogens with zero attached hydrogens (tertiary/aromatic N) is 3. The smallest absolute Gasteiger partial charge is 0.227 e. The van der Waals surface area contributed by atoms with Crippen LogP contribution >= 0.6 is 0 Å². The summed E-state index contributed by atoms with van der Waals surface area (Å²) in [5.74, 6) is 1.54. The Labute approximate surface area is 177 Å². The highest BCUT2D eigenvalue weighted by Crippen LogP contribution is 2.49. The lowest BCUT2D eigenvalue weighted by atomic mass is 9.84. The first-order valence-corrected chi connectivity index (χ1v) is 11.3. The molecular formula is C23H32FN3O3. The first kappa shape index (κ1) is 20.2. The zero-order valence-electron chi connectivity index (χ0n) is 17.8. The van der Waals surface area contributed by atoms with Crippen molar-refractivity contribution in [2.75, 3.05) is 66.1 Å². The molecule has 30 heavy (non-hydrogen) atoms. The van der Waals surface area contributed by atoms with Crippen molar-refractivity contribution in [2.24, 2.45) is 17.8 Å². The first-order chi connectivity index (χ1) is 14.6. The van der Waals surface area contributed by atoms with Crippen LogP contribution in [-0.2, 0) is 9.53 Å². The van der Waals surface area contributed by atoms with E-state index in [-0.39, 0.29) is 29.6 Å². The number of benzene rings is 1. The standard InChI is InChI=1S/C23H32FN3O3/c1-29-11-10-25-6-8-26(9-7-25)23(28)19-14-27(13-16-2-3-16)22-18-12-17(24)4-5-21(18)30-15-20(19)22/h4-5,12,16,19-20,22H,2-3,6-11,13-15H2,1H3/t19-,20+,22+/m1/s1. The van der Waals surface area contributed by atoms with Crippen LogP contribution in [0.2, 0.25) is 0 Å². The maximum Gasteiger partial charge on any atom is 0.227 e. The van der Waals surface area contributed by atoms with E-state index in [0.29, 0.717) is 6.61 Å². The molecule has 0 aromatic heterocycles. The number of halogens is 1. The molecule has 3 aliphatic heterocycles. The van der Waals surface area contributed by atoms with Crippen molar-refractivity contribution >= 4 is 5.91 Å². The van der Waals surface area contributed by atoms with Gasteiger partial charge < -0.3 is 14.4 Å². The van der Waals surface area contributed by atoms with Crippen molar-refractivity contribution in [3.8, 4) is 5.75 Å². The zero-order chi connectivity index (χ0) is 20.7. The normalized spacial score (nSPS) is 29.4. The fraction of sp³-hybridized carbons (Fsp3) is 0.696. The Morgan fingerprint density at radius 3 is 2.77 bits per heavy atom. The number of rotatable bonds is 6. The Bertz CT molecular complexity index is 779. The lowest BCUT2D eigenvalue weighted by Gasteiger charge is -2.37. The van der Waals surface area contributed by atoms with Gasteiger partial charge in [-0.1, -0.05) is 0 Å². The summed E-state index contributed by atoms with van der Waals surface area (Å²) in [6.07, 6.45) is 2.53. The second-order valence-electron chi connectivity index (χ2n) is 9.27. The molecule has 164 valence electrons. The van der Waals surface area contributed by atoms with E-state index in [0.717, 1.165) is 69.7 Å². The molecule has 1 amide bonds. The number of hydrogen-bond donors (Lipinski definition) is 0. The summed E-state index contributed by atoms with van der Waals surface area (Å²) in [7, 11) is 1.72. The van der Waals surface area contributed by atoms with Gasteiger partial charge in [0.15, 0.2) is 0 Å². The molecule has 6 nitrogen and oxygen atoms in total. The molecule has 7 heteroatoms. The van der Waals surface area contributed by atoms with E-state index < -0.39 is 0 Å². The highest BCUT2D eigenvalue weighted by atomic mass is 19.1. The molecule has 5 rings (SSSR count). The predicted octanol–water partition coefficient (Wildman–Crippen LogP) is 2.01. The number of carbonyl (C=O) groups is 1. The van der Waals surface area contributed by atoms with Gasteiger partial charge in [-0.05, 0) is 37.0 Å². The Kier molecular flexibility index (Phi) is 5.69. The minimum absolute atomic E-state index is 0.0734. The Balaban J connectivity index is 1.32. The summed E-state index contributed by atoms with van der Waals surface area (Å²) in [5.41, 5.74) is 0.923. The monoisotopic (exact) mass is 417 g/mol. The van der Waals surface area contributed by atoms with Gasteiger partial charge in [0.05, 0.1) is 19.1 Å². The number of hydrogen-bond acceptors (Lipinski definition) is 5. The van der Waals surface area contributed by atoms with Crippen LogP contribution in [0.25, 0.3) is 0 Å². The molecule has 1 aromatic carbocycles. The van der Waals surface area contributed by atoms with Crippen LogP contribution in [0.5, 0.6) is 5.75 Å². The summed E-state index contributed by atoms with van der Waals surface area (Å²) in [5, 5.41) is 0. The highest BCUT2D eigenvalue weighted by molar-refractivity contribution is 5.80. The maximum atomic E-state index is 14.1. The second kappa shape index (κ2) is 8.44. The summed E-state index contributed by atoms with van der Waals surface area (Å²) >= 11 is 0. The average molecular weight is 418 g/mol. The molecule has 1 aliphatic carbocycles. The third-order valence-electron chi connectivity index (χ3n) is 7.27. The Hall–Kier alpha value is -1.70. The number of likely N-dealkylation sites (tertiary alicyclic amines) is 1. The molecule has 0 bridgehead atoms. The fourth-order valence-corrected chi connectivity index (χ4v) is 5.42. The molecular weight excluding hydrogens is 385 g/mol. The molecule has 3 heterocycles. The fourth-order valence-electron chi connectivity index (χ4n) is 5.42. The molecule has 0 N–H and O–H groups in total. The number of piperazine rings is 1. The van der Waals surface area contributed by atoms with E-state index in [4.69, 9.17) is 9.47 Å². The number of fused-ring (bicyclic) bond motifs is 3. The molecule has 3 fully saturated rings. The van der Waals surface area contributed by atoms with E-state index in [1.807, 2.05) is 4.90 Å². The second-order valence-corrected chi connectivity index (χ2v) is 9.27. The third-order valence-corrected chi connectivity index (χ3v) is 7.27. The maximum absolute atomic E-state index is 14.1. The van der Waals surface area contributed by atoms with Crippen LogP contribution in [0.1, 0.15) is 24.4 Å². The van der Waals surface area contributed by atoms with Crippen molar-refractivity contribution < 1.29 is 18.7 Å². The van der Waals surface area contributed by atoms with Gasteiger partial charge in [-0.3, -0.25) is 14.6 Å². The van der Waals surface area contributed by atoms with Crippen LogP contribution < -0.4 is 4.74 Å². The number of carbonyl (C=O) groups excluding carboxylic acids is 1. The molecule has 2 saturated heterocycles. The quantitative estimate of drug-likeness (QED) is 0.709. The molecule has 1 aromatic rings. The summed E-state index contributed by atoms with van der Waals surface area (Å²) in [4.78, 5) is 20.4. The van der Waals surface area contributed by atoms with E-state index in [2.05, 4.69) is 9.80 Å². The van der Waals surface area contributed by atoms with Crippen molar-refractivity contribution in [3.05, 3.63) is 29.6 Å². The Morgan fingerprint density at radius 1 is 1.23 bits per heavy atom. The first-order valence-electron chi connectivity index (χ1n) is 11.3. The molecule has 0 unspecified atom stereocenters. The SMILES string of the molecule is COCCN1CCN(C(=O)[C@@H]2CN(CC3CC3)[C@H]3c4cc(F)ccc4OC[C@@H]23)CC1. The number of ether oxygens (including phenoxy) is 2. The third kappa shape index (κ3) is 3.95. The van der Waals surface area contributed by atoms with E-state index in [1.54, 1.807) is 19.2 Å². The molecule has 4 aliphatic rings. The Morgan fingerprint density at radius 2 is 2.03 bits per heavy atom. The largest absolute Gasteiger partial charge is 0.493 e. The van der Waals surface area contributed by atoms with Crippen LogP contribution in [0.4, 0.5) is 4.39 Å². The number of amides is 1. The van der Waals surface area contributed by atoms with Gasteiger partial charge in [0.25, 0.3) is 0 Å². The van der Waals surface area contributed by atoms with Crippen LogP contribution in [0, 0.1) is 23.6 Å². The van der Waals surface area contributed by atoms with Crippen LogP contribution in [-0.4, -0.2) is 86.7 Å². The van der Waals surface area contributed by atoms with E-state index in [1.165, 1.54) is 18.9 Å². The average Bonchev–Trinajstić information content (AvgIpc) is 3.51. The number of methoxy groups -OCH3 is 1. The minimum Gasteiger partial charge on any atom is -0.493 e. The van der Waals surface area contributed by atoms with Crippen molar-refractivity contribution in [1.82, 2.24) is 14.7 Å². The van der Waals surface area contributed by atoms with Gasteiger partial charge in [0.1, 0.15) is 11.6 Å². The van der Waals surface area contributed by atoms with Gasteiger partial charge >= 0.3 is 0 Å². The molecule has 0 radical (unpaired) electrons. The summed E-state index contributed by atoms with van der Waals surface area (Å²) in [6.45, 7) is 7.27. The van der Waals surface area contributed by atoms with E-state index >= 15 is 0 Å². The minimum atomic E-state index is -0.230. The van der Waals surface area contributed by atoms with Gasteiger partial charge in [0.2, 0.25) is 5.91 Å². The van der Waals surface area contributed by atoms with Crippen LogP contribution in [0.3, 0.4) is 0 Å². The van der Waals surface area contributed by atoms with Crippen molar-refractivity contribution in [2.45, 2.75) is 18.9 Å². The van der Waals surface area contributed by atoms with Gasteiger partial charge in [0, 0.05) is 70.4 Å². The molecule has 3 atom stereocenters. The van der Waals surface area contributed by atoms with Gasteiger partial charge in [-0.25, -0.2) is 4.39 Å². The van der Waals surface area contributed by atoms with Gasteiger partial charge in [-0.2, -0.15) is 0 Å². The molecule has 0 spiro atoms. The van der Waals surface area contributed by atoms with E-state index in [9.17, 15) is 9.18 Å². The van der Waals surface area contributed by atoms with Crippen molar-refractivity contribution in [1.29, 1.82) is 0 Å².